The molecule has 1 aliphatic heterocycles. The maximum atomic E-state index is 12.7. The summed E-state index contributed by atoms with van der Waals surface area (Å²) in [6.45, 7) is 3.36. The average Bonchev–Trinajstić information content (AvgIpc) is 3.01. The lowest BCUT2D eigenvalue weighted by Gasteiger charge is -2.18. The zero-order valence-corrected chi connectivity index (χ0v) is 16.1. The van der Waals surface area contributed by atoms with Gasteiger partial charge in [0.1, 0.15) is 10.6 Å². The number of benzene rings is 1. The minimum absolute atomic E-state index is 0.0342. The molecule has 1 aromatic rings. The SMILES string of the molecule is C=CS(=O)(=O)NC[C@H]1CCN(S(=O)(=O)c2ccc(OC(F)(F)F)cc2Cl)C1. The van der Waals surface area contributed by atoms with Gasteiger partial charge in [0.05, 0.1) is 5.02 Å². The first-order chi connectivity index (χ1) is 12.3. The second-order valence-corrected chi connectivity index (χ2v) is 9.74. The molecule has 152 valence electrons. The molecule has 1 aliphatic rings. The van der Waals surface area contributed by atoms with Gasteiger partial charge in [0, 0.05) is 31.1 Å². The fourth-order valence-corrected chi connectivity index (χ4v) is 5.13. The van der Waals surface area contributed by atoms with Crippen LogP contribution in [0.4, 0.5) is 13.2 Å². The van der Waals surface area contributed by atoms with Crippen LogP contribution in [0.3, 0.4) is 0 Å². The van der Waals surface area contributed by atoms with Gasteiger partial charge in [0.15, 0.2) is 0 Å². The number of alkyl halides is 3. The number of nitrogens with zero attached hydrogens (tertiary/aromatic N) is 1. The Morgan fingerprint density at radius 3 is 2.56 bits per heavy atom. The zero-order chi connectivity index (χ0) is 20.5. The van der Waals surface area contributed by atoms with Crippen molar-refractivity contribution in [3.05, 3.63) is 35.2 Å². The van der Waals surface area contributed by atoms with E-state index in [4.69, 9.17) is 11.6 Å². The molecule has 13 heteroatoms. The molecule has 2 rings (SSSR count). The first-order valence-electron chi connectivity index (χ1n) is 7.51. The van der Waals surface area contributed by atoms with E-state index in [1.54, 1.807) is 0 Å². The lowest BCUT2D eigenvalue weighted by atomic mass is 10.1. The fourth-order valence-electron chi connectivity index (χ4n) is 2.50. The van der Waals surface area contributed by atoms with Gasteiger partial charge in [-0.25, -0.2) is 21.6 Å². The van der Waals surface area contributed by atoms with Crippen LogP contribution in [0, 0.1) is 5.92 Å². The van der Waals surface area contributed by atoms with Crippen molar-refractivity contribution in [3.8, 4) is 5.75 Å². The van der Waals surface area contributed by atoms with E-state index in [0.717, 1.165) is 27.9 Å². The van der Waals surface area contributed by atoms with Crippen LogP contribution in [0.2, 0.25) is 5.02 Å². The lowest BCUT2D eigenvalue weighted by Crippen LogP contribution is -2.32. The molecule has 7 nitrogen and oxygen atoms in total. The number of nitrogens with one attached hydrogen (secondary N) is 1. The van der Waals surface area contributed by atoms with Gasteiger partial charge >= 0.3 is 6.36 Å². The molecule has 1 saturated heterocycles. The highest BCUT2D eigenvalue weighted by Crippen LogP contribution is 2.33. The van der Waals surface area contributed by atoms with Crippen molar-refractivity contribution in [2.24, 2.45) is 5.92 Å². The van der Waals surface area contributed by atoms with Crippen molar-refractivity contribution >= 4 is 31.6 Å². The van der Waals surface area contributed by atoms with Crippen LogP contribution in [0.1, 0.15) is 6.42 Å². The summed E-state index contributed by atoms with van der Waals surface area (Å²) in [5.41, 5.74) is 0. The fraction of sp³-hybridized carbons (Fsp3) is 0.429. The molecule has 1 N–H and O–H groups in total. The molecule has 0 radical (unpaired) electrons. The van der Waals surface area contributed by atoms with E-state index in [2.05, 4.69) is 16.0 Å². The Labute approximate surface area is 159 Å². The normalized spacial score (nSPS) is 19.2. The molecule has 0 bridgehead atoms. The molecule has 0 aliphatic carbocycles. The van der Waals surface area contributed by atoms with Gasteiger partial charge in [-0.05, 0) is 24.5 Å². The van der Waals surface area contributed by atoms with E-state index in [9.17, 15) is 30.0 Å². The predicted octanol–water partition coefficient (Wildman–Crippen LogP) is 2.31. The quantitative estimate of drug-likeness (QED) is 0.691. The summed E-state index contributed by atoms with van der Waals surface area (Å²) in [6.07, 6.45) is -4.52. The van der Waals surface area contributed by atoms with Crippen molar-refractivity contribution in [3.63, 3.8) is 0 Å². The Morgan fingerprint density at radius 1 is 1.33 bits per heavy atom. The van der Waals surface area contributed by atoms with Gasteiger partial charge < -0.3 is 4.74 Å². The Bertz CT molecular complexity index is 919. The number of ether oxygens (including phenoxy) is 1. The second kappa shape index (κ2) is 7.95. The van der Waals surface area contributed by atoms with Crippen molar-refractivity contribution in [1.82, 2.24) is 9.03 Å². The third-order valence-corrected chi connectivity index (χ3v) is 7.15. The molecular weight excluding hydrogens is 433 g/mol. The van der Waals surface area contributed by atoms with Crippen LogP contribution in [-0.2, 0) is 20.0 Å². The molecule has 27 heavy (non-hydrogen) atoms. The van der Waals surface area contributed by atoms with Crippen LogP contribution >= 0.6 is 11.6 Å². The van der Waals surface area contributed by atoms with Crippen molar-refractivity contribution in [2.45, 2.75) is 17.7 Å². The molecule has 1 fully saturated rings. The number of hydrogen-bond acceptors (Lipinski definition) is 5. The molecule has 1 aromatic carbocycles. The summed E-state index contributed by atoms with van der Waals surface area (Å²) in [7, 11) is -7.67. The molecule has 0 amide bonds. The van der Waals surface area contributed by atoms with Gasteiger partial charge in [0.2, 0.25) is 20.0 Å². The summed E-state index contributed by atoms with van der Waals surface area (Å²) < 4.78 is 91.9. The van der Waals surface area contributed by atoms with Gasteiger partial charge in [-0.15, -0.1) is 13.2 Å². The molecule has 1 heterocycles. The van der Waals surface area contributed by atoms with Crippen molar-refractivity contribution in [1.29, 1.82) is 0 Å². The van der Waals surface area contributed by atoms with Gasteiger partial charge in [-0.1, -0.05) is 18.2 Å². The Balaban J connectivity index is 2.11. The first-order valence-corrected chi connectivity index (χ1v) is 10.9. The van der Waals surface area contributed by atoms with E-state index in [1.807, 2.05) is 0 Å². The third kappa shape index (κ3) is 5.82. The minimum atomic E-state index is -4.93. The van der Waals surface area contributed by atoms with Crippen molar-refractivity contribution in [2.75, 3.05) is 19.6 Å². The van der Waals surface area contributed by atoms with E-state index in [1.165, 1.54) is 0 Å². The molecule has 1 atom stereocenters. The first kappa shape index (κ1) is 22.0. The largest absolute Gasteiger partial charge is 0.573 e. The number of rotatable bonds is 7. The van der Waals surface area contributed by atoms with E-state index in [0.29, 0.717) is 6.42 Å². The van der Waals surface area contributed by atoms with Crippen LogP contribution in [-0.4, -0.2) is 47.1 Å². The Morgan fingerprint density at radius 2 is 2.00 bits per heavy atom. The highest BCUT2D eigenvalue weighted by Gasteiger charge is 2.35. The monoisotopic (exact) mass is 448 g/mol. The summed E-state index contributed by atoms with van der Waals surface area (Å²) in [5.74, 6) is -0.898. The van der Waals surface area contributed by atoms with E-state index < -0.39 is 37.2 Å². The van der Waals surface area contributed by atoms with Crippen LogP contribution in [0.15, 0.2) is 35.1 Å². The Kier molecular flexibility index (Phi) is 6.47. The second-order valence-electron chi connectivity index (χ2n) is 5.72. The number of hydrogen-bond donors (Lipinski definition) is 1. The maximum absolute atomic E-state index is 12.7. The highest BCUT2D eigenvalue weighted by atomic mass is 35.5. The van der Waals surface area contributed by atoms with E-state index >= 15 is 0 Å². The smallest absolute Gasteiger partial charge is 0.406 e. The lowest BCUT2D eigenvalue weighted by molar-refractivity contribution is -0.274. The van der Waals surface area contributed by atoms with Gasteiger partial charge in [-0.2, -0.15) is 4.31 Å². The molecule has 0 saturated carbocycles. The minimum Gasteiger partial charge on any atom is -0.406 e. The van der Waals surface area contributed by atoms with Crippen molar-refractivity contribution < 1.29 is 34.7 Å². The van der Waals surface area contributed by atoms with Crippen LogP contribution in [0.5, 0.6) is 5.75 Å². The molecule has 0 aromatic heterocycles. The van der Waals surface area contributed by atoms with E-state index in [-0.39, 0.29) is 30.4 Å². The predicted molar refractivity (Wildman–Crippen MR) is 92.1 cm³/mol. The number of halogens is 4. The summed E-state index contributed by atoms with van der Waals surface area (Å²) in [6, 6.07) is 2.57. The molecule has 0 spiro atoms. The molecular formula is C14H16ClF3N2O5S2. The van der Waals surface area contributed by atoms with Gasteiger partial charge in [0.25, 0.3) is 0 Å². The summed E-state index contributed by atoms with van der Waals surface area (Å²) >= 11 is 5.84. The number of sulfonamides is 2. The summed E-state index contributed by atoms with van der Waals surface area (Å²) in [4.78, 5) is -0.356. The maximum Gasteiger partial charge on any atom is 0.573 e. The summed E-state index contributed by atoms with van der Waals surface area (Å²) in [5, 5.41) is 0.341. The zero-order valence-electron chi connectivity index (χ0n) is 13.7. The Hall–Kier alpha value is -1.34. The van der Waals surface area contributed by atoms with Crippen LogP contribution < -0.4 is 9.46 Å². The standard InChI is InChI=1S/C14H16ClF3N2O5S2/c1-2-26(21,22)19-8-10-5-6-20(9-10)27(23,24)13-4-3-11(7-12(13)15)25-14(16,17)18/h2-4,7,10,19H,1,5-6,8-9H2/t10-/m1/s1. The highest BCUT2D eigenvalue weighted by molar-refractivity contribution is 7.92. The average molecular weight is 449 g/mol. The third-order valence-electron chi connectivity index (χ3n) is 3.80. The van der Waals surface area contributed by atoms with Crippen LogP contribution in [0.25, 0.3) is 0 Å². The molecule has 0 unspecified atom stereocenters. The van der Waals surface area contributed by atoms with Gasteiger partial charge in [-0.3, -0.25) is 0 Å². The topological polar surface area (TPSA) is 92.8 Å².